The third-order valence-electron chi connectivity index (χ3n) is 2.69. The molecule has 1 N–H and O–H groups in total. The van der Waals surface area contributed by atoms with E-state index in [-0.39, 0.29) is 18.4 Å². The van der Waals surface area contributed by atoms with E-state index in [4.69, 9.17) is 5.11 Å². The number of aromatic nitrogens is 1. The number of amides is 1. The standard InChI is InChI=1S/C12H16N2O3/c1-8(7-11(15)16)14(3)12(17)10-5-4-6-13-9(10)2/h4-6,8H,7H2,1-3H3,(H,15,16). The molecule has 0 saturated heterocycles. The summed E-state index contributed by atoms with van der Waals surface area (Å²) in [6.07, 6.45) is 1.55. The third-order valence-corrected chi connectivity index (χ3v) is 2.69. The van der Waals surface area contributed by atoms with Crippen molar-refractivity contribution in [3.05, 3.63) is 29.6 Å². The maximum absolute atomic E-state index is 12.1. The zero-order valence-corrected chi connectivity index (χ0v) is 10.2. The van der Waals surface area contributed by atoms with Gasteiger partial charge in [-0.15, -0.1) is 0 Å². The van der Waals surface area contributed by atoms with Gasteiger partial charge in [0.25, 0.3) is 5.91 Å². The molecule has 1 unspecified atom stereocenters. The Morgan fingerprint density at radius 1 is 1.53 bits per heavy atom. The first-order valence-corrected chi connectivity index (χ1v) is 5.34. The molecule has 0 bridgehead atoms. The van der Waals surface area contributed by atoms with E-state index in [0.29, 0.717) is 11.3 Å². The first-order chi connectivity index (χ1) is 7.93. The molecule has 0 aromatic carbocycles. The lowest BCUT2D eigenvalue weighted by Crippen LogP contribution is -2.36. The van der Waals surface area contributed by atoms with Crippen LogP contribution in [0.3, 0.4) is 0 Å². The SMILES string of the molecule is Cc1ncccc1C(=O)N(C)C(C)CC(=O)O. The summed E-state index contributed by atoms with van der Waals surface area (Å²) in [6.45, 7) is 3.46. The summed E-state index contributed by atoms with van der Waals surface area (Å²) in [5.74, 6) is -1.12. The summed E-state index contributed by atoms with van der Waals surface area (Å²) in [4.78, 5) is 28.1. The van der Waals surface area contributed by atoms with Crippen LogP contribution in [0.25, 0.3) is 0 Å². The summed E-state index contributed by atoms with van der Waals surface area (Å²) in [5.41, 5.74) is 1.15. The second-order valence-electron chi connectivity index (χ2n) is 4.00. The number of carbonyl (C=O) groups excluding carboxylic acids is 1. The summed E-state index contributed by atoms with van der Waals surface area (Å²) in [6, 6.07) is 3.03. The highest BCUT2D eigenvalue weighted by molar-refractivity contribution is 5.95. The number of hydrogen-bond donors (Lipinski definition) is 1. The van der Waals surface area contributed by atoms with Crippen molar-refractivity contribution in [3.8, 4) is 0 Å². The lowest BCUT2D eigenvalue weighted by atomic mass is 10.1. The highest BCUT2D eigenvalue weighted by atomic mass is 16.4. The van der Waals surface area contributed by atoms with Crippen molar-refractivity contribution in [1.29, 1.82) is 0 Å². The van der Waals surface area contributed by atoms with E-state index >= 15 is 0 Å². The number of carboxylic acids is 1. The minimum absolute atomic E-state index is 0.0679. The molecule has 0 radical (unpaired) electrons. The fraction of sp³-hybridized carbons (Fsp3) is 0.417. The van der Waals surface area contributed by atoms with Gasteiger partial charge in [0.15, 0.2) is 0 Å². The predicted octanol–water partition coefficient (Wildman–Crippen LogP) is 1.33. The fourth-order valence-corrected chi connectivity index (χ4v) is 1.49. The molecule has 0 aliphatic rings. The second-order valence-corrected chi connectivity index (χ2v) is 4.00. The molecule has 1 heterocycles. The molecular weight excluding hydrogens is 220 g/mol. The van der Waals surface area contributed by atoms with Gasteiger partial charge in [-0.1, -0.05) is 0 Å². The van der Waals surface area contributed by atoms with E-state index in [9.17, 15) is 9.59 Å². The molecule has 1 amide bonds. The largest absolute Gasteiger partial charge is 0.481 e. The molecule has 0 aliphatic carbocycles. The molecule has 1 aromatic heterocycles. The van der Waals surface area contributed by atoms with Crippen molar-refractivity contribution in [2.45, 2.75) is 26.3 Å². The number of carboxylic acid groups (broad SMARTS) is 1. The van der Waals surface area contributed by atoms with Gasteiger partial charge in [0.05, 0.1) is 12.0 Å². The van der Waals surface area contributed by atoms with Crippen LogP contribution < -0.4 is 0 Å². The Labute approximate surface area is 100 Å². The molecule has 0 saturated carbocycles. The van der Waals surface area contributed by atoms with Gasteiger partial charge in [0.2, 0.25) is 0 Å². The van der Waals surface area contributed by atoms with Gasteiger partial charge < -0.3 is 10.0 Å². The van der Waals surface area contributed by atoms with E-state index in [0.717, 1.165) is 0 Å². The van der Waals surface area contributed by atoms with Crippen molar-refractivity contribution in [1.82, 2.24) is 9.88 Å². The fourth-order valence-electron chi connectivity index (χ4n) is 1.49. The van der Waals surface area contributed by atoms with Crippen LogP contribution in [-0.2, 0) is 4.79 Å². The number of hydrogen-bond acceptors (Lipinski definition) is 3. The van der Waals surface area contributed by atoms with Crippen molar-refractivity contribution < 1.29 is 14.7 Å². The van der Waals surface area contributed by atoms with E-state index in [1.807, 2.05) is 0 Å². The van der Waals surface area contributed by atoms with Gasteiger partial charge in [-0.25, -0.2) is 0 Å². The minimum atomic E-state index is -0.917. The highest BCUT2D eigenvalue weighted by Gasteiger charge is 2.20. The number of aliphatic carboxylic acids is 1. The lowest BCUT2D eigenvalue weighted by Gasteiger charge is -2.24. The van der Waals surface area contributed by atoms with Crippen LogP contribution in [-0.4, -0.2) is 40.0 Å². The van der Waals surface area contributed by atoms with Crippen molar-refractivity contribution in [2.75, 3.05) is 7.05 Å². The first-order valence-electron chi connectivity index (χ1n) is 5.34. The van der Waals surface area contributed by atoms with Gasteiger partial charge >= 0.3 is 5.97 Å². The van der Waals surface area contributed by atoms with Crippen LogP contribution in [0.2, 0.25) is 0 Å². The molecule has 5 heteroatoms. The summed E-state index contributed by atoms with van der Waals surface area (Å²) in [5, 5.41) is 8.69. The Hall–Kier alpha value is -1.91. The molecule has 92 valence electrons. The molecular formula is C12H16N2O3. The lowest BCUT2D eigenvalue weighted by molar-refractivity contribution is -0.137. The quantitative estimate of drug-likeness (QED) is 0.856. The third kappa shape index (κ3) is 3.27. The maximum Gasteiger partial charge on any atom is 0.305 e. The topological polar surface area (TPSA) is 70.5 Å². The Morgan fingerprint density at radius 2 is 2.18 bits per heavy atom. The Kier molecular flexibility index (Phi) is 4.20. The van der Waals surface area contributed by atoms with Crippen LogP contribution in [0.15, 0.2) is 18.3 Å². The van der Waals surface area contributed by atoms with Gasteiger partial charge in [-0.2, -0.15) is 0 Å². The zero-order chi connectivity index (χ0) is 13.0. The van der Waals surface area contributed by atoms with Crippen LogP contribution in [0.4, 0.5) is 0 Å². The van der Waals surface area contributed by atoms with Gasteiger partial charge in [-0.05, 0) is 26.0 Å². The van der Waals surface area contributed by atoms with E-state index in [2.05, 4.69) is 4.98 Å². The van der Waals surface area contributed by atoms with Crippen LogP contribution in [0.1, 0.15) is 29.4 Å². The zero-order valence-electron chi connectivity index (χ0n) is 10.2. The maximum atomic E-state index is 12.1. The summed E-state index contributed by atoms with van der Waals surface area (Å²) < 4.78 is 0. The second kappa shape index (κ2) is 5.43. The monoisotopic (exact) mass is 236 g/mol. The molecule has 5 nitrogen and oxygen atoms in total. The molecule has 1 rings (SSSR count). The summed E-state index contributed by atoms with van der Waals surface area (Å²) in [7, 11) is 1.60. The summed E-state index contributed by atoms with van der Waals surface area (Å²) >= 11 is 0. The number of nitrogens with zero attached hydrogens (tertiary/aromatic N) is 2. The minimum Gasteiger partial charge on any atom is -0.481 e. The molecule has 1 atom stereocenters. The van der Waals surface area contributed by atoms with Crippen molar-refractivity contribution >= 4 is 11.9 Å². The van der Waals surface area contributed by atoms with Crippen LogP contribution in [0.5, 0.6) is 0 Å². The van der Waals surface area contributed by atoms with E-state index in [1.165, 1.54) is 4.90 Å². The first kappa shape index (κ1) is 13.2. The molecule has 0 spiro atoms. The van der Waals surface area contributed by atoms with Crippen LogP contribution in [0, 0.1) is 6.92 Å². The average molecular weight is 236 g/mol. The van der Waals surface area contributed by atoms with E-state index < -0.39 is 5.97 Å². The van der Waals surface area contributed by atoms with Crippen LogP contribution >= 0.6 is 0 Å². The molecule has 0 aliphatic heterocycles. The Balaban J connectivity index is 2.83. The smallest absolute Gasteiger partial charge is 0.305 e. The Bertz CT molecular complexity index is 432. The number of pyridine rings is 1. The predicted molar refractivity (Wildman–Crippen MR) is 62.8 cm³/mol. The van der Waals surface area contributed by atoms with Crippen molar-refractivity contribution in [2.24, 2.45) is 0 Å². The van der Waals surface area contributed by atoms with Gasteiger partial charge in [0.1, 0.15) is 0 Å². The average Bonchev–Trinajstić information content (AvgIpc) is 2.27. The molecule has 1 aromatic rings. The van der Waals surface area contributed by atoms with Gasteiger partial charge in [-0.3, -0.25) is 14.6 Å². The van der Waals surface area contributed by atoms with Crippen molar-refractivity contribution in [3.63, 3.8) is 0 Å². The molecule has 0 fully saturated rings. The van der Waals surface area contributed by atoms with Gasteiger partial charge in [0, 0.05) is 25.0 Å². The number of carbonyl (C=O) groups is 2. The highest BCUT2D eigenvalue weighted by Crippen LogP contribution is 2.11. The van der Waals surface area contributed by atoms with E-state index in [1.54, 1.807) is 39.2 Å². The number of aryl methyl sites for hydroxylation is 1. The number of rotatable bonds is 4. The normalized spacial score (nSPS) is 11.9. The molecule has 17 heavy (non-hydrogen) atoms. The Morgan fingerprint density at radius 3 is 2.71 bits per heavy atom.